The number of carbonyl (C=O) groups is 1. The van der Waals surface area contributed by atoms with E-state index in [9.17, 15) is 4.79 Å². The van der Waals surface area contributed by atoms with Gasteiger partial charge in [-0.1, -0.05) is 19.1 Å². The van der Waals surface area contributed by atoms with E-state index in [0.717, 1.165) is 31.9 Å². The van der Waals surface area contributed by atoms with Gasteiger partial charge in [-0.25, -0.2) is 4.79 Å². The molecule has 18 heavy (non-hydrogen) atoms. The van der Waals surface area contributed by atoms with Gasteiger partial charge in [0.1, 0.15) is 0 Å². The van der Waals surface area contributed by atoms with Crippen LogP contribution < -0.4 is 0 Å². The van der Waals surface area contributed by atoms with Crippen LogP contribution in [0.2, 0.25) is 0 Å². The smallest absolute Gasteiger partial charge is 0.332 e. The third-order valence-corrected chi connectivity index (χ3v) is 3.07. The molecule has 1 saturated heterocycles. The third kappa shape index (κ3) is 5.02. The van der Waals surface area contributed by atoms with Crippen LogP contribution in [0.3, 0.4) is 0 Å². The molecule has 102 valence electrons. The summed E-state index contributed by atoms with van der Waals surface area (Å²) in [6.45, 7) is 8.84. The fourth-order valence-electron chi connectivity index (χ4n) is 1.80. The van der Waals surface area contributed by atoms with E-state index < -0.39 is 5.97 Å². The molecule has 1 aliphatic rings. The Bertz CT molecular complexity index is 316. The van der Waals surface area contributed by atoms with Gasteiger partial charge in [0.2, 0.25) is 0 Å². The zero-order chi connectivity index (χ0) is 13.4. The maximum atomic E-state index is 10.8. The summed E-state index contributed by atoms with van der Waals surface area (Å²) in [6, 6.07) is 0. The number of carbonyl (C=O) groups excluding carboxylic acids is 1. The van der Waals surface area contributed by atoms with Gasteiger partial charge in [-0.3, -0.25) is 0 Å². The largest absolute Gasteiger partial charge is 0.435 e. The first-order valence-corrected chi connectivity index (χ1v) is 6.33. The van der Waals surface area contributed by atoms with Crippen LogP contribution in [0.25, 0.3) is 0 Å². The Labute approximate surface area is 109 Å². The molecule has 1 unspecified atom stereocenters. The predicted octanol–water partition coefficient (Wildman–Crippen LogP) is 2.60. The number of hydrogen-bond donors (Lipinski definition) is 0. The number of hydrogen-bond acceptors (Lipinski definition) is 4. The molecule has 1 heterocycles. The van der Waals surface area contributed by atoms with E-state index in [-0.39, 0.29) is 6.79 Å². The van der Waals surface area contributed by atoms with Gasteiger partial charge in [0.15, 0.2) is 6.79 Å². The van der Waals surface area contributed by atoms with Crippen molar-refractivity contribution in [2.45, 2.75) is 39.2 Å². The van der Waals surface area contributed by atoms with E-state index in [1.54, 1.807) is 0 Å². The van der Waals surface area contributed by atoms with Gasteiger partial charge in [-0.2, -0.15) is 0 Å². The topological polar surface area (TPSA) is 44.8 Å². The van der Waals surface area contributed by atoms with E-state index in [1.807, 2.05) is 6.92 Å². The molecule has 0 radical (unpaired) electrons. The van der Waals surface area contributed by atoms with Crippen molar-refractivity contribution in [1.29, 1.82) is 0 Å². The van der Waals surface area contributed by atoms with Crippen LogP contribution in [0.1, 0.15) is 33.1 Å². The summed E-state index contributed by atoms with van der Waals surface area (Å²) in [6.07, 6.45) is 4.64. The predicted molar refractivity (Wildman–Crippen MR) is 69.1 cm³/mol. The van der Waals surface area contributed by atoms with Crippen LogP contribution in [0.4, 0.5) is 0 Å². The first-order chi connectivity index (χ1) is 8.67. The van der Waals surface area contributed by atoms with Gasteiger partial charge in [0.05, 0.1) is 12.7 Å². The quantitative estimate of drug-likeness (QED) is 0.219. The highest BCUT2D eigenvalue weighted by atomic mass is 16.7. The van der Waals surface area contributed by atoms with E-state index in [0.29, 0.717) is 12.7 Å². The first-order valence-electron chi connectivity index (χ1n) is 6.33. The molecule has 0 amide bonds. The molecule has 4 nitrogen and oxygen atoms in total. The van der Waals surface area contributed by atoms with Crippen LogP contribution in [-0.2, 0) is 19.0 Å². The van der Waals surface area contributed by atoms with Gasteiger partial charge in [-0.15, -0.1) is 0 Å². The Morgan fingerprint density at radius 1 is 1.56 bits per heavy atom. The number of ether oxygens (including phenoxy) is 3. The molecule has 1 rings (SSSR count). The summed E-state index contributed by atoms with van der Waals surface area (Å²) in [4.78, 5) is 10.8. The van der Waals surface area contributed by atoms with Crippen LogP contribution in [0.5, 0.6) is 0 Å². The maximum Gasteiger partial charge on any atom is 0.332 e. The molecule has 0 aromatic carbocycles. The van der Waals surface area contributed by atoms with Crippen molar-refractivity contribution in [2.24, 2.45) is 0 Å². The molecule has 0 aromatic rings. The monoisotopic (exact) mass is 254 g/mol. The molecular formula is C14H22O4. The van der Waals surface area contributed by atoms with Crippen LogP contribution >= 0.6 is 0 Å². The zero-order valence-corrected chi connectivity index (χ0v) is 11.2. The lowest BCUT2D eigenvalue weighted by Gasteiger charge is -2.28. The van der Waals surface area contributed by atoms with E-state index >= 15 is 0 Å². The molecule has 1 atom stereocenters. The molecule has 0 saturated carbocycles. The summed E-state index contributed by atoms with van der Waals surface area (Å²) in [5, 5.41) is 0. The molecule has 0 aliphatic carbocycles. The van der Waals surface area contributed by atoms with Gasteiger partial charge >= 0.3 is 5.97 Å². The highest BCUT2D eigenvalue weighted by Gasteiger charge is 2.19. The van der Waals surface area contributed by atoms with Gasteiger partial charge in [0, 0.05) is 12.7 Å². The van der Waals surface area contributed by atoms with Crippen LogP contribution in [0, 0.1) is 0 Å². The standard InChI is InChI=1S/C14H22O4/c1-4-12(8-13-6-7-17-13)11(3)9-16-10-18-14(15)5-2/h5,13H,2,4,6-10H2,1,3H3. The Hall–Kier alpha value is -1.13. The molecule has 1 fully saturated rings. The van der Waals surface area contributed by atoms with Gasteiger partial charge in [-0.05, 0) is 31.8 Å². The van der Waals surface area contributed by atoms with Crippen molar-refractivity contribution in [2.75, 3.05) is 20.0 Å². The summed E-state index contributed by atoms with van der Waals surface area (Å²) < 4.78 is 15.5. The minimum absolute atomic E-state index is 0.0287. The Morgan fingerprint density at radius 2 is 2.28 bits per heavy atom. The minimum atomic E-state index is -0.463. The lowest BCUT2D eigenvalue weighted by molar-refractivity contribution is -0.149. The number of esters is 1. The molecule has 4 heteroatoms. The van der Waals surface area contributed by atoms with E-state index in [4.69, 9.17) is 14.2 Å². The third-order valence-electron chi connectivity index (χ3n) is 3.07. The summed E-state index contributed by atoms with van der Waals surface area (Å²) >= 11 is 0. The summed E-state index contributed by atoms with van der Waals surface area (Å²) in [5.74, 6) is -0.463. The highest BCUT2D eigenvalue weighted by molar-refractivity contribution is 5.81. The Balaban J connectivity index is 2.27. The van der Waals surface area contributed by atoms with Crippen LogP contribution in [0.15, 0.2) is 23.8 Å². The second-order valence-corrected chi connectivity index (χ2v) is 4.36. The fraction of sp³-hybridized carbons (Fsp3) is 0.643. The molecule has 1 aliphatic heterocycles. The normalized spacial score (nSPS) is 19.8. The SMILES string of the molecule is C=CC(=O)OCOCC(C)=C(CC)CC1CCO1. The van der Waals surface area contributed by atoms with Gasteiger partial charge in [0.25, 0.3) is 0 Å². The molecule has 0 bridgehead atoms. The van der Waals surface area contributed by atoms with Crippen LogP contribution in [-0.4, -0.2) is 32.1 Å². The van der Waals surface area contributed by atoms with E-state index in [2.05, 4.69) is 13.5 Å². The average molecular weight is 254 g/mol. The van der Waals surface area contributed by atoms with Crippen molar-refractivity contribution in [3.05, 3.63) is 23.8 Å². The van der Waals surface area contributed by atoms with Crippen molar-refractivity contribution in [3.63, 3.8) is 0 Å². The summed E-state index contributed by atoms with van der Waals surface area (Å²) in [7, 11) is 0. The first kappa shape index (κ1) is 14.9. The molecule has 0 N–H and O–H groups in total. The fourth-order valence-corrected chi connectivity index (χ4v) is 1.80. The molecule has 0 spiro atoms. The Morgan fingerprint density at radius 3 is 2.78 bits per heavy atom. The zero-order valence-electron chi connectivity index (χ0n) is 11.2. The van der Waals surface area contributed by atoms with Crippen molar-refractivity contribution < 1.29 is 19.0 Å². The maximum absolute atomic E-state index is 10.8. The molecule has 0 aromatic heterocycles. The van der Waals surface area contributed by atoms with Crippen molar-refractivity contribution in [3.8, 4) is 0 Å². The minimum Gasteiger partial charge on any atom is -0.435 e. The van der Waals surface area contributed by atoms with Crippen molar-refractivity contribution >= 4 is 5.97 Å². The second kappa shape index (κ2) is 8.06. The lowest BCUT2D eigenvalue weighted by Crippen LogP contribution is -2.27. The highest BCUT2D eigenvalue weighted by Crippen LogP contribution is 2.23. The Kier molecular flexibility index (Phi) is 6.68. The number of rotatable bonds is 8. The second-order valence-electron chi connectivity index (χ2n) is 4.36. The summed E-state index contributed by atoms with van der Waals surface area (Å²) in [5.41, 5.74) is 2.57. The van der Waals surface area contributed by atoms with E-state index in [1.165, 1.54) is 11.1 Å². The lowest BCUT2D eigenvalue weighted by atomic mass is 9.97. The van der Waals surface area contributed by atoms with Crippen molar-refractivity contribution in [1.82, 2.24) is 0 Å². The molecular weight excluding hydrogens is 232 g/mol. The average Bonchev–Trinajstić information content (AvgIpc) is 2.33. The van der Waals surface area contributed by atoms with Gasteiger partial charge < -0.3 is 14.2 Å².